The highest BCUT2D eigenvalue weighted by Crippen LogP contribution is 2.29. The van der Waals surface area contributed by atoms with E-state index in [1.807, 2.05) is 0 Å². The number of aromatic nitrogens is 1. The molecular formula is C16H29NO. The Morgan fingerprint density at radius 1 is 1.00 bits per heavy atom. The molecule has 0 aliphatic carbocycles. The molecule has 2 nitrogen and oxygen atoms in total. The van der Waals surface area contributed by atoms with E-state index in [0.29, 0.717) is 5.92 Å². The first-order chi connectivity index (χ1) is 8.79. The molecule has 0 fully saturated rings. The highest BCUT2D eigenvalue weighted by atomic mass is 16.5. The summed E-state index contributed by atoms with van der Waals surface area (Å²) in [6.45, 7) is 6.64. The Hall–Kier alpha value is -0.790. The zero-order valence-corrected chi connectivity index (χ0v) is 12.4. The summed E-state index contributed by atoms with van der Waals surface area (Å²) in [6.07, 6.45) is 13.6. The van der Waals surface area contributed by atoms with Gasteiger partial charge in [0.05, 0.1) is 5.69 Å². The Balaban J connectivity index is 2.44. The Kier molecular flexibility index (Phi) is 7.79. The summed E-state index contributed by atoms with van der Waals surface area (Å²) in [6, 6.07) is 0. The van der Waals surface area contributed by atoms with Crippen molar-refractivity contribution >= 4 is 0 Å². The first-order valence-electron chi connectivity index (χ1n) is 7.70. The SMILES string of the molecule is CCCCCCC(CCCCC)c1nocc1C. The lowest BCUT2D eigenvalue weighted by molar-refractivity contribution is 0.393. The quantitative estimate of drug-likeness (QED) is 0.505. The predicted molar refractivity (Wildman–Crippen MR) is 76.9 cm³/mol. The van der Waals surface area contributed by atoms with Gasteiger partial charge in [-0.05, 0) is 19.8 Å². The van der Waals surface area contributed by atoms with Crippen LogP contribution in [0.3, 0.4) is 0 Å². The summed E-state index contributed by atoms with van der Waals surface area (Å²) in [7, 11) is 0. The Bertz CT molecular complexity index is 306. The molecule has 1 atom stereocenters. The Morgan fingerprint density at radius 3 is 2.17 bits per heavy atom. The van der Waals surface area contributed by atoms with Crippen molar-refractivity contribution in [1.29, 1.82) is 0 Å². The van der Waals surface area contributed by atoms with Gasteiger partial charge in [-0.3, -0.25) is 0 Å². The van der Waals surface area contributed by atoms with E-state index in [1.165, 1.54) is 69.0 Å². The third kappa shape index (κ3) is 5.24. The fourth-order valence-electron chi connectivity index (χ4n) is 2.57. The van der Waals surface area contributed by atoms with Crippen molar-refractivity contribution in [2.45, 2.75) is 84.5 Å². The third-order valence-electron chi connectivity index (χ3n) is 3.73. The summed E-state index contributed by atoms with van der Waals surface area (Å²) in [5.74, 6) is 0.618. The minimum absolute atomic E-state index is 0.618. The number of hydrogen-bond donors (Lipinski definition) is 0. The van der Waals surface area contributed by atoms with Crippen LogP contribution in [0.5, 0.6) is 0 Å². The summed E-state index contributed by atoms with van der Waals surface area (Å²) < 4.78 is 5.11. The largest absolute Gasteiger partial charge is 0.364 e. The van der Waals surface area contributed by atoms with E-state index in [9.17, 15) is 0 Å². The highest BCUT2D eigenvalue weighted by molar-refractivity contribution is 5.16. The second kappa shape index (κ2) is 9.18. The van der Waals surface area contributed by atoms with Crippen molar-refractivity contribution in [3.8, 4) is 0 Å². The van der Waals surface area contributed by atoms with E-state index in [4.69, 9.17) is 4.52 Å². The van der Waals surface area contributed by atoms with E-state index in [2.05, 4.69) is 25.9 Å². The minimum Gasteiger partial charge on any atom is -0.364 e. The highest BCUT2D eigenvalue weighted by Gasteiger charge is 2.16. The van der Waals surface area contributed by atoms with E-state index in [1.54, 1.807) is 6.26 Å². The first kappa shape index (κ1) is 15.3. The van der Waals surface area contributed by atoms with Gasteiger partial charge in [0, 0.05) is 11.5 Å². The minimum atomic E-state index is 0.618. The maximum Gasteiger partial charge on any atom is 0.127 e. The van der Waals surface area contributed by atoms with E-state index in [0.717, 1.165) is 0 Å². The molecule has 0 radical (unpaired) electrons. The molecule has 1 heterocycles. The number of rotatable bonds is 10. The van der Waals surface area contributed by atoms with Gasteiger partial charge in [0.1, 0.15) is 6.26 Å². The molecule has 0 saturated carbocycles. The lowest BCUT2D eigenvalue weighted by atomic mass is 9.90. The molecule has 1 aromatic heterocycles. The maximum absolute atomic E-state index is 5.11. The van der Waals surface area contributed by atoms with Gasteiger partial charge in [-0.25, -0.2) is 0 Å². The molecule has 1 rings (SSSR count). The summed E-state index contributed by atoms with van der Waals surface area (Å²) in [4.78, 5) is 0. The number of aryl methyl sites for hydroxylation is 1. The van der Waals surface area contributed by atoms with Gasteiger partial charge >= 0.3 is 0 Å². The molecule has 0 saturated heterocycles. The molecule has 0 N–H and O–H groups in total. The van der Waals surface area contributed by atoms with Gasteiger partial charge in [0.25, 0.3) is 0 Å². The lowest BCUT2D eigenvalue weighted by Crippen LogP contribution is -2.02. The van der Waals surface area contributed by atoms with Crippen molar-refractivity contribution in [1.82, 2.24) is 5.16 Å². The van der Waals surface area contributed by atoms with Crippen LogP contribution < -0.4 is 0 Å². The van der Waals surface area contributed by atoms with E-state index < -0.39 is 0 Å². The van der Waals surface area contributed by atoms with Gasteiger partial charge in [0.2, 0.25) is 0 Å². The van der Waals surface area contributed by atoms with Gasteiger partial charge in [0.15, 0.2) is 0 Å². The molecule has 0 aliphatic heterocycles. The predicted octanol–water partition coefficient (Wildman–Crippen LogP) is 5.62. The maximum atomic E-state index is 5.11. The second-order valence-corrected chi connectivity index (χ2v) is 5.42. The summed E-state index contributed by atoms with van der Waals surface area (Å²) in [5.41, 5.74) is 2.44. The van der Waals surface area contributed by atoms with Crippen LogP contribution >= 0.6 is 0 Å². The standard InChI is InChI=1S/C16H29NO/c1-4-6-8-10-12-15(11-9-7-5-2)16-14(3)13-18-17-16/h13,15H,4-12H2,1-3H3. The van der Waals surface area contributed by atoms with Crippen molar-refractivity contribution in [3.05, 3.63) is 17.5 Å². The van der Waals surface area contributed by atoms with Crippen molar-refractivity contribution in [2.24, 2.45) is 0 Å². The molecule has 0 spiro atoms. The van der Waals surface area contributed by atoms with Gasteiger partial charge in [-0.2, -0.15) is 0 Å². The van der Waals surface area contributed by atoms with E-state index >= 15 is 0 Å². The average molecular weight is 251 g/mol. The number of hydrogen-bond acceptors (Lipinski definition) is 2. The van der Waals surface area contributed by atoms with Crippen LogP contribution in [0.25, 0.3) is 0 Å². The van der Waals surface area contributed by atoms with Crippen LogP contribution in [-0.4, -0.2) is 5.16 Å². The molecular weight excluding hydrogens is 222 g/mol. The molecule has 0 aromatic carbocycles. The zero-order chi connectivity index (χ0) is 13.2. The smallest absolute Gasteiger partial charge is 0.127 e. The molecule has 18 heavy (non-hydrogen) atoms. The lowest BCUT2D eigenvalue weighted by Gasteiger charge is -2.14. The van der Waals surface area contributed by atoms with Crippen LogP contribution in [0.15, 0.2) is 10.8 Å². The fourth-order valence-corrected chi connectivity index (χ4v) is 2.57. The van der Waals surface area contributed by atoms with Crippen molar-refractivity contribution in [3.63, 3.8) is 0 Å². The van der Waals surface area contributed by atoms with Crippen molar-refractivity contribution in [2.75, 3.05) is 0 Å². The van der Waals surface area contributed by atoms with Crippen LogP contribution in [0.4, 0.5) is 0 Å². The summed E-state index contributed by atoms with van der Waals surface area (Å²) >= 11 is 0. The second-order valence-electron chi connectivity index (χ2n) is 5.42. The molecule has 0 aliphatic rings. The van der Waals surface area contributed by atoms with Gasteiger partial charge in [-0.15, -0.1) is 0 Å². The first-order valence-corrected chi connectivity index (χ1v) is 7.70. The zero-order valence-electron chi connectivity index (χ0n) is 12.4. The van der Waals surface area contributed by atoms with Crippen LogP contribution in [0, 0.1) is 6.92 Å². The molecule has 104 valence electrons. The van der Waals surface area contributed by atoms with E-state index in [-0.39, 0.29) is 0 Å². The summed E-state index contributed by atoms with van der Waals surface area (Å²) in [5, 5.41) is 4.22. The Labute approximate surface area is 112 Å². The van der Waals surface area contributed by atoms with Gasteiger partial charge in [-0.1, -0.05) is 63.9 Å². The van der Waals surface area contributed by atoms with Crippen molar-refractivity contribution < 1.29 is 4.52 Å². The third-order valence-corrected chi connectivity index (χ3v) is 3.73. The topological polar surface area (TPSA) is 26.0 Å². The molecule has 0 amide bonds. The fraction of sp³-hybridized carbons (Fsp3) is 0.812. The van der Waals surface area contributed by atoms with Crippen LogP contribution in [0.2, 0.25) is 0 Å². The Morgan fingerprint density at radius 2 is 1.61 bits per heavy atom. The normalized spacial score (nSPS) is 12.8. The van der Waals surface area contributed by atoms with Crippen LogP contribution in [-0.2, 0) is 0 Å². The average Bonchev–Trinajstić information content (AvgIpc) is 2.79. The molecule has 0 bridgehead atoms. The molecule has 1 unspecified atom stereocenters. The molecule has 2 heteroatoms. The number of nitrogens with zero attached hydrogens (tertiary/aromatic N) is 1. The monoisotopic (exact) mass is 251 g/mol. The van der Waals surface area contributed by atoms with Crippen LogP contribution in [0.1, 0.15) is 88.8 Å². The van der Waals surface area contributed by atoms with Gasteiger partial charge < -0.3 is 4.52 Å². The number of unbranched alkanes of at least 4 members (excludes halogenated alkanes) is 5. The molecule has 1 aromatic rings.